The Morgan fingerprint density at radius 3 is 2.66 bits per heavy atom. The molecule has 29 heavy (non-hydrogen) atoms. The lowest BCUT2D eigenvalue weighted by atomic mass is 9.77. The largest absolute Gasteiger partial charge is 0.451 e. The highest BCUT2D eigenvalue weighted by molar-refractivity contribution is 5.96. The van der Waals surface area contributed by atoms with Crippen molar-refractivity contribution in [3.63, 3.8) is 0 Å². The zero-order chi connectivity index (χ0) is 20.0. The van der Waals surface area contributed by atoms with E-state index in [0.29, 0.717) is 43.0 Å². The second kappa shape index (κ2) is 7.08. The van der Waals surface area contributed by atoms with Gasteiger partial charge in [-0.2, -0.15) is 0 Å². The third-order valence-corrected chi connectivity index (χ3v) is 6.22. The zero-order valence-corrected chi connectivity index (χ0v) is 15.9. The fourth-order valence-corrected chi connectivity index (χ4v) is 4.71. The summed E-state index contributed by atoms with van der Waals surface area (Å²) in [5, 5.41) is 14.4. The number of carbonyl (C=O) groups excluding carboxylic acids is 2. The summed E-state index contributed by atoms with van der Waals surface area (Å²) in [6, 6.07) is 12.5. The molecule has 1 aliphatic carbocycles. The summed E-state index contributed by atoms with van der Waals surface area (Å²) in [4.78, 5) is 30.0. The molecule has 2 aromatic heterocycles. The molecule has 0 bridgehead atoms. The first kappa shape index (κ1) is 18.0. The van der Waals surface area contributed by atoms with Crippen molar-refractivity contribution < 1.29 is 19.1 Å². The number of hydrogen-bond donors (Lipinski definition) is 3. The van der Waals surface area contributed by atoms with Crippen molar-refractivity contribution in [1.82, 2.24) is 15.2 Å². The lowest BCUT2D eigenvalue weighted by molar-refractivity contribution is 0.0460. The first-order chi connectivity index (χ1) is 14.1. The molecule has 2 fully saturated rings. The number of benzene rings is 1. The van der Waals surface area contributed by atoms with E-state index in [-0.39, 0.29) is 29.7 Å². The summed E-state index contributed by atoms with van der Waals surface area (Å²) in [7, 11) is 0. The van der Waals surface area contributed by atoms with Gasteiger partial charge < -0.3 is 24.7 Å². The molecule has 3 N–H and O–H groups in total. The second-order valence-corrected chi connectivity index (χ2v) is 8.08. The van der Waals surface area contributed by atoms with E-state index in [1.807, 2.05) is 29.2 Å². The van der Waals surface area contributed by atoms with Crippen molar-refractivity contribution in [3.05, 3.63) is 60.1 Å². The fourth-order valence-electron chi connectivity index (χ4n) is 4.71. The Hall–Kier alpha value is -3.06. The van der Waals surface area contributed by atoms with E-state index in [1.165, 1.54) is 0 Å². The summed E-state index contributed by atoms with van der Waals surface area (Å²) >= 11 is 0. The topological polar surface area (TPSA) is 98.6 Å². The Labute approximate surface area is 167 Å². The van der Waals surface area contributed by atoms with Crippen LogP contribution >= 0.6 is 0 Å². The van der Waals surface area contributed by atoms with Gasteiger partial charge in [-0.25, -0.2) is 0 Å². The minimum absolute atomic E-state index is 0.114. The lowest BCUT2D eigenvalue weighted by Crippen LogP contribution is -2.49. The number of para-hydroxylation sites is 1. The van der Waals surface area contributed by atoms with Gasteiger partial charge in [-0.05, 0) is 48.9 Å². The molecule has 1 saturated heterocycles. The number of aromatic amines is 1. The van der Waals surface area contributed by atoms with E-state index in [0.717, 1.165) is 5.39 Å². The fraction of sp³-hybridized carbons (Fsp3) is 0.364. The first-order valence-electron chi connectivity index (χ1n) is 9.98. The number of nitrogens with one attached hydrogen (secondary N) is 2. The number of aliphatic hydroxyl groups excluding tert-OH is 1. The number of nitrogens with zero attached hydrogens (tertiary/aromatic N) is 1. The van der Waals surface area contributed by atoms with Gasteiger partial charge in [0.1, 0.15) is 11.3 Å². The highest BCUT2D eigenvalue weighted by Gasteiger charge is 2.44. The summed E-state index contributed by atoms with van der Waals surface area (Å²) in [6.07, 6.45) is 2.31. The molecular weight excluding hydrogens is 370 g/mol. The van der Waals surface area contributed by atoms with Crippen molar-refractivity contribution >= 4 is 22.8 Å². The number of H-pyrrole nitrogens is 1. The van der Waals surface area contributed by atoms with Crippen LogP contribution in [0.15, 0.2) is 53.1 Å². The molecule has 150 valence electrons. The van der Waals surface area contributed by atoms with Crippen LogP contribution in [0, 0.1) is 11.8 Å². The van der Waals surface area contributed by atoms with Gasteiger partial charge in [-0.15, -0.1) is 0 Å². The van der Waals surface area contributed by atoms with E-state index in [2.05, 4.69) is 10.3 Å². The minimum atomic E-state index is -0.614. The van der Waals surface area contributed by atoms with Crippen LogP contribution < -0.4 is 5.32 Å². The number of aromatic nitrogens is 1. The van der Waals surface area contributed by atoms with Crippen LogP contribution in [-0.4, -0.2) is 52.0 Å². The van der Waals surface area contributed by atoms with Gasteiger partial charge in [0.25, 0.3) is 11.8 Å². The van der Waals surface area contributed by atoms with Crippen LogP contribution in [0.25, 0.3) is 11.0 Å². The Bertz CT molecular complexity index is 1010. The van der Waals surface area contributed by atoms with Crippen molar-refractivity contribution in [2.24, 2.45) is 11.8 Å². The third-order valence-electron chi connectivity index (χ3n) is 6.22. The lowest BCUT2D eigenvalue weighted by Gasteiger charge is -2.35. The summed E-state index contributed by atoms with van der Waals surface area (Å²) < 4.78 is 5.73. The van der Waals surface area contributed by atoms with Gasteiger partial charge in [-0.3, -0.25) is 9.59 Å². The molecule has 7 heteroatoms. The second-order valence-electron chi connectivity index (χ2n) is 8.08. The number of amides is 2. The number of carbonyl (C=O) groups is 2. The smallest absolute Gasteiger partial charge is 0.289 e. The Balaban J connectivity index is 1.26. The van der Waals surface area contributed by atoms with Crippen molar-refractivity contribution in [3.8, 4) is 0 Å². The van der Waals surface area contributed by atoms with Crippen LogP contribution in [0.2, 0.25) is 0 Å². The van der Waals surface area contributed by atoms with Gasteiger partial charge in [0, 0.05) is 24.7 Å². The minimum Gasteiger partial charge on any atom is -0.451 e. The van der Waals surface area contributed by atoms with Gasteiger partial charge in [0.05, 0.1) is 12.1 Å². The molecule has 1 aromatic carbocycles. The van der Waals surface area contributed by atoms with Crippen molar-refractivity contribution in [2.45, 2.75) is 25.0 Å². The molecule has 3 heterocycles. The van der Waals surface area contributed by atoms with Crippen LogP contribution in [0.4, 0.5) is 0 Å². The number of fused-ring (bicyclic) bond motifs is 2. The average Bonchev–Trinajstić information content (AvgIpc) is 3.46. The maximum atomic E-state index is 13.0. The van der Waals surface area contributed by atoms with E-state index in [9.17, 15) is 14.7 Å². The number of furan rings is 1. The maximum Gasteiger partial charge on any atom is 0.289 e. The molecule has 0 unspecified atom stereocenters. The number of rotatable bonds is 3. The molecule has 4 atom stereocenters. The molecule has 3 aromatic rings. The number of aliphatic hydroxyl groups is 1. The molecular formula is C22H23N3O4. The highest BCUT2D eigenvalue weighted by Crippen LogP contribution is 2.37. The van der Waals surface area contributed by atoms with E-state index >= 15 is 0 Å². The number of likely N-dealkylation sites (tertiary alicyclic amines) is 1. The first-order valence-corrected chi connectivity index (χ1v) is 9.98. The van der Waals surface area contributed by atoms with Gasteiger partial charge in [0.15, 0.2) is 5.76 Å². The van der Waals surface area contributed by atoms with Crippen molar-refractivity contribution in [2.75, 3.05) is 13.1 Å². The van der Waals surface area contributed by atoms with E-state index in [1.54, 1.807) is 24.4 Å². The summed E-state index contributed by atoms with van der Waals surface area (Å²) in [5.74, 6) is 0.502. The molecule has 2 aliphatic rings. The van der Waals surface area contributed by atoms with Crippen molar-refractivity contribution in [1.29, 1.82) is 0 Å². The Morgan fingerprint density at radius 2 is 1.90 bits per heavy atom. The molecule has 1 aliphatic heterocycles. The van der Waals surface area contributed by atoms with E-state index < -0.39 is 6.10 Å². The third kappa shape index (κ3) is 3.31. The van der Waals surface area contributed by atoms with Gasteiger partial charge in [0.2, 0.25) is 0 Å². The predicted molar refractivity (Wildman–Crippen MR) is 106 cm³/mol. The zero-order valence-electron chi connectivity index (χ0n) is 15.9. The molecule has 0 spiro atoms. The molecule has 5 rings (SSSR count). The Kier molecular flexibility index (Phi) is 4.39. The molecule has 0 radical (unpaired) electrons. The van der Waals surface area contributed by atoms with Crippen LogP contribution in [0.1, 0.15) is 33.9 Å². The van der Waals surface area contributed by atoms with Crippen LogP contribution in [0.5, 0.6) is 0 Å². The molecule has 1 saturated carbocycles. The predicted octanol–water partition coefficient (Wildman–Crippen LogP) is 2.40. The molecule has 2 amide bonds. The van der Waals surface area contributed by atoms with Gasteiger partial charge in [-0.1, -0.05) is 18.2 Å². The number of hydrogen-bond acceptors (Lipinski definition) is 4. The normalized spacial score (nSPS) is 26.4. The van der Waals surface area contributed by atoms with E-state index in [4.69, 9.17) is 4.42 Å². The monoisotopic (exact) mass is 393 g/mol. The van der Waals surface area contributed by atoms with Crippen LogP contribution in [-0.2, 0) is 0 Å². The van der Waals surface area contributed by atoms with Crippen LogP contribution in [0.3, 0.4) is 0 Å². The molecule has 7 nitrogen and oxygen atoms in total. The highest BCUT2D eigenvalue weighted by atomic mass is 16.3. The standard InChI is InChI=1S/C22H23N3O4/c26-18-9-15-12-25(22(28)20-10-13-4-1-2-6-19(13)29-20)11-14(15)8-17(18)24-21(27)16-5-3-7-23-16/h1-7,10,14-15,17-18,23,26H,8-9,11-12H2,(H,24,27)/t14-,15+,17-,18-/m0/s1. The summed E-state index contributed by atoms with van der Waals surface area (Å²) in [5.41, 5.74) is 1.18. The SMILES string of the molecule is O=C(N[C@H]1C[C@H]2CN(C(=O)c3cc4ccccc4o3)C[C@H]2C[C@@H]1O)c1ccc[nH]1. The quantitative estimate of drug-likeness (QED) is 0.636. The Morgan fingerprint density at radius 1 is 1.10 bits per heavy atom. The maximum absolute atomic E-state index is 13.0. The summed E-state index contributed by atoms with van der Waals surface area (Å²) in [6.45, 7) is 1.22. The van der Waals surface area contributed by atoms with Gasteiger partial charge >= 0.3 is 0 Å². The average molecular weight is 393 g/mol.